The quantitative estimate of drug-likeness (QED) is 0.822. The average Bonchev–Trinajstić information content (AvgIpc) is 2.92. The molecule has 1 heterocycles. The number of nitrogens with one attached hydrogen (secondary N) is 1. The molecule has 2 rings (SSSR count). The van der Waals surface area contributed by atoms with Crippen molar-refractivity contribution in [2.45, 2.75) is 45.4 Å². The third-order valence-corrected chi connectivity index (χ3v) is 4.54. The zero-order chi connectivity index (χ0) is 13.7. The summed E-state index contributed by atoms with van der Waals surface area (Å²) in [5.41, 5.74) is 0. The first kappa shape index (κ1) is 14.5. The maximum absolute atomic E-state index is 12.1. The van der Waals surface area contributed by atoms with Gasteiger partial charge in [0.1, 0.15) is 5.78 Å². The molecule has 0 aromatic rings. The van der Waals surface area contributed by atoms with E-state index in [1.165, 1.54) is 12.8 Å². The molecule has 0 aromatic heterocycles. The fraction of sp³-hybridized carbons (Fsp3) is 0.867. The number of piperidine rings is 1. The number of nitrogens with zero attached hydrogens (tertiary/aromatic N) is 1. The monoisotopic (exact) mass is 266 g/mol. The van der Waals surface area contributed by atoms with E-state index >= 15 is 0 Å². The number of ketones is 1. The minimum absolute atomic E-state index is 0.0545. The molecule has 1 N–H and O–H groups in total. The second-order valence-electron chi connectivity index (χ2n) is 6.10. The van der Waals surface area contributed by atoms with Crippen molar-refractivity contribution in [3.8, 4) is 0 Å². The Labute approximate surface area is 115 Å². The lowest BCUT2D eigenvalue weighted by atomic mass is 9.95. The van der Waals surface area contributed by atoms with E-state index in [1.54, 1.807) is 6.92 Å². The van der Waals surface area contributed by atoms with Crippen LogP contribution >= 0.6 is 0 Å². The summed E-state index contributed by atoms with van der Waals surface area (Å²) in [6.07, 6.45) is 6.87. The number of carbonyl (C=O) groups excluding carboxylic acids is 2. The van der Waals surface area contributed by atoms with Gasteiger partial charge in [-0.2, -0.15) is 0 Å². The van der Waals surface area contributed by atoms with Gasteiger partial charge in [-0.3, -0.25) is 14.5 Å². The van der Waals surface area contributed by atoms with Crippen LogP contribution in [0.4, 0.5) is 0 Å². The normalized spacial score (nSPS) is 22.6. The molecule has 1 aliphatic carbocycles. The second kappa shape index (κ2) is 7.04. The molecule has 0 atom stereocenters. The Hall–Kier alpha value is -0.900. The molecule has 4 nitrogen and oxygen atoms in total. The van der Waals surface area contributed by atoms with Crippen molar-refractivity contribution in [2.75, 3.05) is 26.2 Å². The van der Waals surface area contributed by atoms with Gasteiger partial charge in [0.15, 0.2) is 0 Å². The molecule has 1 aliphatic heterocycles. The van der Waals surface area contributed by atoms with Gasteiger partial charge >= 0.3 is 0 Å². The molecule has 0 aromatic carbocycles. The fourth-order valence-electron chi connectivity index (χ4n) is 3.23. The van der Waals surface area contributed by atoms with Crippen LogP contribution in [-0.2, 0) is 9.59 Å². The maximum atomic E-state index is 12.1. The standard InChI is InChI=1S/C15H26N2O2/c1-12(18)16-10-13-6-8-17(9-7-13)11-15(19)14-4-2-3-5-14/h13-14H,2-11H2,1H3,(H,16,18). The van der Waals surface area contributed by atoms with Gasteiger partial charge in [0, 0.05) is 19.4 Å². The highest BCUT2D eigenvalue weighted by molar-refractivity contribution is 5.83. The minimum Gasteiger partial charge on any atom is -0.356 e. The van der Waals surface area contributed by atoms with Crippen LogP contribution in [0.1, 0.15) is 45.4 Å². The summed E-state index contributed by atoms with van der Waals surface area (Å²) in [4.78, 5) is 25.3. The number of Topliss-reactive ketones (excluding diaryl/α,β-unsaturated/α-hetero) is 1. The summed E-state index contributed by atoms with van der Waals surface area (Å²) in [7, 11) is 0. The summed E-state index contributed by atoms with van der Waals surface area (Å²) in [6.45, 7) is 5.01. The van der Waals surface area contributed by atoms with E-state index in [0.29, 0.717) is 24.2 Å². The van der Waals surface area contributed by atoms with Gasteiger partial charge < -0.3 is 5.32 Å². The molecule has 0 bridgehead atoms. The number of hydrogen-bond acceptors (Lipinski definition) is 3. The number of amides is 1. The lowest BCUT2D eigenvalue weighted by Gasteiger charge is -2.32. The average molecular weight is 266 g/mol. The minimum atomic E-state index is 0.0545. The first-order valence-electron chi connectivity index (χ1n) is 7.64. The number of rotatable bonds is 5. The third kappa shape index (κ3) is 4.60. The van der Waals surface area contributed by atoms with E-state index in [4.69, 9.17) is 0 Å². The summed E-state index contributed by atoms with van der Waals surface area (Å²) in [5.74, 6) is 1.44. The molecule has 2 fully saturated rings. The van der Waals surface area contributed by atoms with Crippen LogP contribution in [0.15, 0.2) is 0 Å². The van der Waals surface area contributed by atoms with E-state index in [2.05, 4.69) is 10.2 Å². The lowest BCUT2D eigenvalue weighted by Crippen LogP contribution is -2.41. The van der Waals surface area contributed by atoms with Crippen molar-refractivity contribution in [3.63, 3.8) is 0 Å². The fourth-order valence-corrected chi connectivity index (χ4v) is 3.23. The molecule has 1 saturated heterocycles. The Morgan fingerprint density at radius 2 is 1.74 bits per heavy atom. The molecule has 19 heavy (non-hydrogen) atoms. The Morgan fingerprint density at radius 1 is 1.11 bits per heavy atom. The van der Waals surface area contributed by atoms with E-state index in [1.807, 2.05) is 0 Å². The van der Waals surface area contributed by atoms with Crippen molar-refractivity contribution >= 4 is 11.7 Å². The van der Waals surface area contributed by atoms with E-state index in [0.717, 1.165) is 45.3 Å². The number of hydrogen-bond donors (Lipinski definition) is 1. The van der Waals surface area contributed by atoms with Crippen molar-refractivity contribution in [1.82, 2.24) is 10.2 Å². The van der Waals surface area contributed by atoms with Crippen LogP contribution in [0, 0.1) is 11.8 Å². The second-order valence-corrected chi connectivity index (χ2v) is 6.10. The molecule has 0 unspecified atom stereocenters. The number of carbonyl (C=O) groups is 2. The highest BCUT2D eigenvalue weighted by Gasteiger charge is 2.26. The van der Waals surface area contributed by atoms with Crippen molar-refractivity contribution in [3.05, 3.63) is 0 Å². The Morgan fingerprint density at radius 3 is 2.32 bits per heavy atom. The smallest absolute Gasteiger partial charge is 0.216 e. The van der Waals surface area contributed by atoms with Crippen LogP contribution in [-0.4, -0.2) is 42.8 Å². The van der Waals surface area contributed by atoms with Crippen LogP contribution in [0.25, 0.3) is 0 Å². The summed E-state index contributed by atoms with van der Waals surface area (Å²) in [5, 5.41) is 2.89. The Balaban J connectivity index is 1.65. The molecule has 4 heteroatoms. The molecule has 0 radical (unpaired) electrons. The number of likely N-dealkylation sites (tertiary alicyclic amines) is 1. The molecule has 1 saturated carbocycles. The maximum Gasteiger partial charge on any atom is 0.216 e. The van der Waals surface area contributed by atoms with Crippen molar-refractivity contribution < 1.29 is 9.59 Å². The topological polar surface area (TPSA) is 49.4 Å². The Kier molecular flexibility index (Phi) is 5.37. The van der Waals surface area contributed by atoms with Gasteiger partial charge in [0.25, 0.3) is 0 Å². The van der Waals surface area contributed by atoms with Gasteiger partial charge in [-0.1, -0.05) is 12.8 Å². The highest BCUT2D eigenvalue weighted by atomic mass is 16.1. The van der Waals surface area contributed by atoms with Gasteiger partial charge in [0.05, 0.1) is 6.54 Å². The summed E-state index contributed by atoms with van der Waals surface area (Å²) < 4.78 is 0. The van der Waals surface area contributed by atoms with Crippen LogP contribution in [0.3, 0.4) is 0 Å². The van der Waals surface area contributed by atoms with E-state index in [9.17, 15) is 9.59 Å². The molecular weight excluding hydrogens is 240 g/mol. The first-order chi connectivity index (χ1) is 9.15. The highest BCUT2D eigenvalue weighted by Crippen LogP contribution is 2.26. The largest absolute Gasteiger partial charge is 0.356 e. The lowest BCUT2D eigenvalue weighted by molar-refractivity contribution is -0.124. The van der Waals surface area contributed by atoms with Crippen LogP contribution in [0.2, 0.25) is 0 Å². The van der Waals surface area contributed by atoms with Crippen molar-refractivity contribution in [2.24, 2.45) is 11.8 Å². The summed E-state index contributed by atoms with van der Waals surface area (Å²) >= 11 is 0. The molecule has 1 amide bonds. The third-order valence-electron chi connectivity index (χ3n) is 4.54. The molecular formula is C15H26N2O2. The first-order valence-corrected chi connectivity index (χ1v) is 7.64. The van der Waals surface area contributed by atoms with Gasteiger partial charge in [-0.25, -0.2) is 0 Å². The zero-order valence-corrected chi connectivity index (χ0v) is 12.0. The molecule has 2 aliphatic rings. The molecule has 108 valence electrons. The molecule has 0 spiro atoms. The van der Waals surface area contributed by atoms with E-state index in [-0.39, 0.29) is 5.91 Å². The van der Waals surface area contributed by atoms with Crippen molar-refractivity contribution in [1.29, 1.82) is 0 Å². The van der Waals surface area contributed by atoms with E-state index < -0.39 is 0 Å². The summed E-state index contributed by atoms with van der Waals surface area (Å²) in [6, 6.07) is 0. The van der Waals surface area contributed by atoms with Gasteiger partial charge in [-0.15, -0.1) is 0 Å². The van der Waals surface area contributed by atoms with Crippen LogP contribution in [0.5, 0.6) is 0 Å². The SMILES string of the molecule is CC(=O)NCC1CCN(CC(=O)C2CCCC2)CC1. The zero-order valence-electron chi connectivity index (χ0n) is 12.0. The van der Waals surface area contributed by atoms with Gasteiger partial charge in [-0.05, 0) is 44.7 Å². The predicted octanol–water partition coefficient (Wildman–Crippen LogP) is 1.59. The Bertz CT molecular complexity index is 316. The van der Waals surface area contributed by atoms with Crippen LogP contribution < -0.4 is 5.32 Å². The van der Waals surface area contributed by atoms with Gasteiger partial charge in [0.2, 0.25) is 5.91 Å². The predicted molar refractivity (Wildman–Crippen MR) is 74.8 cm³/mol.